The molecule has 0 bridgehead atoms. The van der Waals surface area contributed by atoms with E-state index in [4.69, 9.17) is 16.3 Å². The fourth-order valence-corrected chi connectivity index (χ4v) is 1.98. The first-order valence-electron chi connectivity index (χ1n) is 5.17. The van der Waals surface area contributed by atoms with Crippen molar-refractivity contribution in [1.29, 1.82) is 10.5 Å². The maximum absolute atomic E-state index is 12.9. The molecular formula is C13H7FN4S. The molecule has 1 aromatic carbocycles. The van der Waals surface area contributed by atoms with E-state index in [1.54, 1.807) is 0 Å². The quantitative estimate of drug-likeness (QED) is 0.779. The molecule has 0 spiro atoms. The number of benzene rings is 1. The molecule has 4 nitrogen and oxygen atoms in total. The van der Waals surface area contributed by atoms with Gasteiger partial charge < -0.3 is 5.73 Å². The van der Waals surface area contributed by atoms with Gasteiger partial charge in [-0.1, -0.05) is 12.1 Å². The van der Waals surface area contributed by atoms with E-state index < -0.39 is 5.82 Å². The summed E-state index contributed by atoms with van der Waals surface area (Å²) in [6.07, 6.45) is 0. The molecule has 19 heavy (non-hydrogen) atoms. The van der Waals surface area contributed by atoms with Crippen LogP contribution in [0, 0.1) is 28.5 Å². The van der Waals surface area contributed by atoms with Crippen molar-refractivity contribution in [3.8, 4) is 23.3 Å². The van der Waals surface area contributed by atoms with Crippen molar-refractivity contribution in [2.45, 2.75) is 5.03 Å². The Kier molecular flexibility index (Phi) is 3.37. The third-order valence-corrected chi connectivity index (χ3v) is 2.89. The molecule has 0 aliphatic carbocycles. The van der Waals surface area contributed by atoms with Gasteiger partial charge in [0, 0.05) is 5.56 Å². The van der Waals surface area contributed by atoms with Crippen LogP contribution in [0.4, 0.5) is 10.2 Å². The Balaban J connectivity index is 2.85. The summed E-state index contributed by atoms with van der Waals surface area (Å²) in [6, 6.07) is 9.28. The van der Waals surface area contributed by atoms with Gasteiger partial charge in [0.05, 0.1) is 5.56 Å². The summed E-state index contributed by atoms with van der Waals surface area (Å²) in [5, 5.41) is 18.4. The molecule has 1 heterocycles. The molecule has 0 saturated heterocycles. The summed E-state index contributed by atoms with van der Waals surface area (Å²) >= 11 is 4.08. The Morgan fingerprint density at radius 2 is 1.68 bits per heavy atom. The van der Waals surface area contributed by atoms with E-state index in [-0.39, 0.29) is 22.0 Å². The second-order valence-electron chi connectivity index (χ2n) is 3.68. The number of hydrogen-bond acceptors (Lipinski definition) is 5. The van der Waals surface area contributed by atoms with Crippen molar-refractivity contribution in [2.75, 3.05) is 5.73 Å². The number of halogens is 1. The first kappa shape index (κ1) is 12.9. The maximum atomic E-state index is 12.9. The summed E-state index contributed by atoms with van der Waals surface area (Å²) in [6.45, 7) is 0. The molecular weight excluding hydrogens is 263 g/mol. The van der Waals surface area contributed by atoms with Crippen molar-refractivity contribution in [2.24, 2.45) is 0 Å². The number of thiol groups is 1. The third-order valence-electron chi connectivity index (χ3n) is 2.56. The van der Waals surface area contributed by atoms with Gasteiger partial charge in [-0.05, 0) is 17.7 Å². The van der Waals surface area contributed by atoms with E-state index >= 15 is 0 Å². The Morgan fingerprint density at radius 3 is 2.21 bits per heavy atom. The van der Waals surface area contributed by atoms with E-state index in [1.165, 1.54) is 24.3 Å². The lowest BCUT2D eigenvalue weighted by molar-refractivity contribution is 0.628. The summed E-state index contributed by atoms with van der Waals surface area (Å²) in [5.74, 6) is -0.417. The Labute approximate surface area is 114 Å². The van der Waals surface area contributed by atoms with Gasteiger partial charge in [0.15, 0.2) is 0 Å². The Morgan fingerprint density at radius 1 is 1.11 bits per heavy atom. The number of nitrogens with zero attached hydrogens (tertiary/aromatic N) is 3. The van der Waals surface area contributed by atoms with Gasteiger partial charge in [-0.3, -0.25) is 0 Å². The van der Waals surface area contributed by atoms with Crippen LogP contribution < -0.4 is 5.73 Å². The van der Waals surface area contributed by atoms with E-state index in [0.29, 0.717) is 11.1 Å². The van der Waals surface area contributed by atoms with Gasteiger partial charge >= 0.3 is 0 Å². The summed E-state index contributed by atoms with van der Waals surface area (Å²) in [7, 11) is 0. The third kappa shape index (κ3) is 2.22. The van der Waals surface area contributed by atoms with Crippen molar-refractivity contribution in [3.05, 3.63) is 41.2 Å². The van der Waals surface area contributed by atoms with Gasteiger partial charge in [0.25, 0.3) is 0 Å². The minimum Gasteiger partial charge on any atom is -0.383 e. The summed E-state index contributed by atoms with van der Waals surface area (Å²) < 4.78 is 12.9. The molecule has 2 N–H and O–H groups in total. The molecule has 1 aromatic heterocycles. The largest absolute Gasteiger partial charge is 0.383 e. The summed E-state index contributed by atoms with van der Waals surface area (Å²) in [4.78, 5) is 3.84. The van der Waals surface area contributed by atoms with Crippen molar-refractivity contribution in [1.82, 2.24) is 4.98 Å². The van der Waals surface area contributed by atoms with E-state index in [9.17, 15) is 4.39 Å². The highest BCUT2D eigenvalue weighted by atomic mass is 32.1. The highest BCUT2D eigenvalue weighted by Gasteiger charge is 2.18. The lowest BCUT2D eigenvalue weighted by atomic mass is 9.97. The van der Waals surface area contributed by atoms with Crippen LogP contribution in [0.15, 0.2) is 29.3 Å². The predicted molar refractivity (Wildman–Crippen MR) is 70.7 cm³/mol. The topological polar surface area (TPSA) is 86.5 Å². The number of hydrogen-bond donors (Lipinski definition) is 2. The number of nitrogens with two attached hydrogens (primary N) is 1. The average molecular weight is 270 g/mol. The van der Waals surface area contributed by atoms with Crippen molar-refractivity contribution in [3.63, 3.8) is 0 Å². The number of rotatable bonds is 1. The second-order valence-corrected chi connectivity index (χ2v) is 4.10. The maximum Gasteiger partial charge on any atom is 0.143 e. The summed E-state index contributed by atoms with van der Waals surface area (Å²) in [5.41, 5.74) is 6.72. The number of anilines is 1. The first-order valence-corrected chi connectivity index (χ1v) is 5.61. The molecule has 0 aliphatic rings. The van der Waals surface area contributed by atoms with Crippen LogP contribution in [0.3, 0.4) is 0 Å². The van der Waals surface area contributed by atoms with Gasteiger partial charge in [-0.25, -0.2) is 9.37 Å². The van der Waals surface area contributed by atoms with Crippen LogP contribution in [-0.2, 0) is 0 Å². The van der Waals surface area contributed by atoms with Crippen molar-refractivity contribution < 1.29 is 4.39 Å². The molecule has 6 heteroatoms. The van der Waals surface area contributed by atoms with Gasteiger partial charge in [-0.15, -0.1) is 12.6 Å². The minimum atomic E-state index is -0.408. The smallest absolute Gasteiger partial charge is 0.143 e. The van der Waals surface area contributed by atoms with Crippen molar-refractivity contribution >= 4 is 18.4 Å². The molecule has 0 atom stereocenters. The Bertz CT molecular complexity index is 688. The standard InChI is InChI=1S/C13H7FN4S/c14-8-3-1-7(2-4-8)11-9(5-15)12(17)18-13(19)10(11)6-16/h1-4H,(H3,17,18,19). The second kappa shape index (κ2) is 4.97. The van der Waals surface area contributed by atoms with Gasteiger partial charge in [-0.2, -0.15) is 10.5 Å². The van der Waals surface area contributed by atoms with Gasteiger partial charge in [0.1, 0.15) is 34.4 Å². The highest BCUT2D eigenvalue weighted by molar-refractivity contribution is 7.80. The fourth-order valence-electron chi connectivity index (χ4n) is 1.72. The van der Waals surface area contributed by atoms with Crippen LogP contribution in [-0.4, -0.2) is 4.98 Å². The molecule has 92 valence electrons. The zero-order valence-corrected chi connectivity index (χ0v) is 10.4. The number of pyridine rings is 1. The minimum absolute atomic E-state index is 0.00850. The fraction of sp³-hybridized carbons (Fsp3) is 0. The van der Waals surface area contributed by atoms with Crippen LogP contribution >= 0.6 is 12.6 Å². The molecule has 0 radical (unpaired) electrons. The van der Waals surface area contributed by atoms with E-state index in [2.05, 4.69) is 17.6 Å². The molecule has 0 aliphatic heterocycles. The SMILES string of the molecule is N#Cc1c(N)nc(S)c(C#N)c1-c1ccc(F)cc1. The first-order chi connectivity index (χ1) is 9.08. The normalized spacial score (nSPS) is 9.68. The monoisotopic (exact) mass is 270 g/mol. The highest BCUT2D eigenvalue weighted by Crippen LogP contribution is 2.32. The van der Waals surface area contributed by atoms with Crippen LogP contribution in [0.1, 0.15) is 11.1 Å². The molecule has 0 saturated carbocycles. The Hall–Kier alpha value is -2.57. The average Bonchev–Trinajstić information content (AvgIpc) is 2.39. The lowest BCUT2D eigenvalue weighted by Crippen LogP contribution is -2.02. The molecule has 0 fully saturated rings. The van der Waals surface area contributed by atoms with Crippen LogP contribution in [0.25, 0.3) is 11.1 Å². The van der Waals surface area contributed by atoms with Gasteiger partial charge in [0.2, 0.25) is 0 Å². The van der Waals surface area contributed by atoms with Crippen LogP contribution in [0.2, 0.25) is 0 Å². The van der Waals surface area contributed by atoms with E-state index in [1.807, 2.05) is 12.1 Å². The molecule has 2 aromatic rings. The molecule has 0 unspecified atom stereocenters. The van der Waals surface area contributed by atoms with E-state index in [0.717, 1.165) is 0 Å². The molecule has 0 amide bonds. The van der Waals surface area contributed by atoms with Crippen LogP contribution in [0.5, 0.6) is 0 Å². The zero-order chi connectivity index (χ0) is 14.0. The number of nitrogen functional groups attached to an aromatic ring is 1. The number of aromatic nitrogens is 1. The zero-order valence-electron chi connectivity index (χ0n) is 9.55. The lowest BCUT2D eigenvalue weighted by Gasteiger charge is -2.10. The number of nitriles is 2. The predicted octanol–water partition coefficient (Wildman–Crippen LogP) is 2.50. The molecule has 2 rings (SSSR count).